The second-order valence-electron chi connectivity index (χ2n) is 7.42. The minimum Gasteiger partial charge on any atom is -0.312 e. The van der Waals surface area contributed by atoms with Crippen molar-refractivity contribution in [3.63, 3.8) is 0 Å². The predicted octanol–water partition coefficient (Wildman–Crippen LogP) is 4.66. The average molecular weight is 309 g/mol. The molecule has 1 fully saturated rings. The van der Waals surface area contributed by atoms with E-state index in [0.29, 0.717) is 0 Å². The third-order valence-corrected chi connectivity index (χ3v) is 4.79. The molecule has 0 unspecified atom stereocenters. The molecule has 0 aliphatic heterocycles. The van der Waals surface area contributed by atoms with Crippen LogP contribution in [0.15, 0.2) is 16.8 Å². The largest absolute Gasteiger partial charge is 0.312 e. The van der Waals surface area contributed by atoms with Crippen LogP contribution in [0.5, 0.6) is 0 Å². The van der Waals surface area contributed by atoms with Crippen molar-refractivity contribution in [1.29, 1.82) is 0 Å². The zero-order valence-electron chi connectivity index (χ0n) is 14.0. The lowest BCUT2D eigenvalue weighted by Crippen LogP contribution is -2.36. The molecule has 1 aromatic heterocycles. The van der Waals surface area contributed by atoms with Gasteiger partial charge >= 0.3 is 0 Å². The number of nitrogens with one attached hydrogen (secondary N) is 1. The lowest BCUT2D eigenvalue weighted by atomic mass is 10.1. The van der Waals surface area contributed by atoms with E-state index in [9.17, 15) is 0 Å². The summed E-state index contributed by atoms with van der Waals surface area (Å²) in [7, 11) is 0. The molecule has 0 spiro atoms. The van der Waals surface area contributed by atoms with Crippen molar-refractivity contribution in [1.82, 2.24) is 10.2 Å². The summed E-state index contributed by atoms with van der Waals surface area (Å²) in [6.45, 7) is 10.3. The van der Waals surface area contributed by atoms with Crippen LogP contribution in [0.1, 0.15) is 64.9 Å². The van der Waals surface area contributed by atoms with Crippen LogP contribution in [-0.2, 0) is 6.54 Å². The topological polar surface area (TPSA) is 15.3 Å². The average Bonchev–Trinajstić information content (AvgIpc) is 3.13. The predicted molar refractivity (Wildman–Crippen MR) is 94.0 cm³/mol. The second-order valence-corrected chi connectivity index (χ2v) is 8.20. The highest BCUT2D eigenvalue weighted by Gasteiger charge is 2.28. The molecule has 1 heterocycles. The van der Waals surface area contributed by atoms with E-state index in [-0.39, 0.29) is 5.54 Å². The Labute approximate surface area is 134 Å². The van der Waals surface area contributed by atoms with E-state index in [4.69, 9.17) is 0 Å². The fraction of sp³-hybridized carbons (Fsp3) is 0.778. The van der Waals surface area contributed by atoms with Gasteiger partial charge in [-0.3, -0.25) is 4.90 Å². The van der Waals surface area contributed by atoms with Crippen LogP contribution in [0.25, 0.3) is 0 Å². The quantitative estimate of drug-likeness (QED) is 0.632. The van der Waals surface area contributed by atoms with Crippen LogP contribution >= 0.6 is 11.3 Å². The van der Waals surface area contributed by atoms with Crippen LogP contribution in [0.3, 0.4) is 0 Å². The third-order valence-electron chi connectivity index (χ3n) is 4.06. The van der Waals surface area contributed by atoms with Gasteiger partial charge < -0.3 is 5.32 Å². The van der Waals surface area contributed by atoms with Crippen molar-refractivity contribution < 1.29 is 0 Å². The van der Waals surface area contributed by atoms with Crippen LogP contribution in [0.4, 0.5) is 0 Å². The standard InChI is InChI=1S/C18H32N2S/c1-18(2,3)19-11-6-4-5-7-12-20(17-8-9-17)14-16-10-13-21-15-16/h10,13,15,17,19H,4-9,11-12,14H2,1-3H3. The maximum absolute atomic E-state index is 3.57. The Balaban J connectivity index is 1.54. The van der Waals surface area contributed by atoms with Crippen molar-refractivity contribution >= 4 is 11.3 Å². The van der Waals surface area contributed by atoms with Crippen LogP contribution in [0, 0.1) is 0 Å². The Bertz CT molecular complexity index is 376. The fourth-order valence-electron chi connectivity index (χ4n) is 2.70. The van der Waals surface area contributed by atoms with E-state index >= 15 is 0 Å². The van der Waals surface area contributed by atoms with Gasteiger partial charge in [-0.05, 0) is 81.9 Å². The summed E-state index contributed by atoms with van der Waals surface area (Å²) in [5.74, 6) is 0. The highest BCUT2D eigenvalue weighted by atomic mass is 32.1. The first-order chi connectivity index (χ1) is 10.0. The van der Waals surface area contributed by atoms with E-state index in [1.54, 1.807) is 0 Å². The molecule has 0 aromatic carbocycles. The summed E-state index contributed by atoms with van der Waals surface area (Å²) >= 11 is 1.82. The maximum Gasteiger partial charge on any atom is 0.0244 e. The summed E-state index contributed by atoms with van der Waals surface area (Å²) in [6, 6.07) is 3.16. The number of hydrogen-bond acceptors (Lipinski definition) is 3. The molecule has 120 valence electrons. The van der Waals surface area contributed by atoms with Gasteiger partial charge in [0.1, 0.15) is 0 Å². The molecule has 0 amide bonds. The zero-order valence-corrected chi connectivity index (χ0v) is 14.8. The van der Waals surface area contributed by atoms with Gasteiger partial charge in [-0.25, -0.2) is 0 Å². The minimum absolute atomic E-state index is 0.267. The number of rotatable bonds is 10. The van der Waals surface area contributed by atoms with Gasteiger partial charge in [-0.1, -0.05) is 12.8 Å². The van der Waals surface area contributed by atoms with Gasteiger partial charge in [0.2, 0.25) is 0 Å². The minimum atomic E-state index is 0.267. The molecule has 0 radical (unpaired) electrons. The first kappa shape index (κ1) is 17.0. The molecule has 2 nitrogen and oxygen atoms in total. The molecule has 1 aliphatic carbocycles. The summed E-state index contributed by atoms with van der Waals surface area (Å²) in [5, 5.41) is 8.07. The molecule has 1 N–H and O–H groups in total. The first-order valence-electron chi connectivity index (χ1n) is 8.55. The molecule has 0 saturated heterocycles. The Morgan fingerprint density at radius 3 is 2.57 bits per heavy atom. The SMILES string of the molecule is CC(C)(C)NCCCCCCN(Cc1ccsc1)C1CC1. The molecule has 1 saturated carbocycles. The van der Waals surface area contributed by atoms with Crippen LogP contribution < -0.4 is 5.32 Å². The summed E-state index contributed by atoms with van der Waals surface area (Å²) in [6.07, 6.45) is 8.24. The molecule has 0 bridgehead atoms. The summed E-state index contributed by atoms with van der Waals surface area (Å²) in [4.78, 5) is 2.70. The third kappa shape index (κ3) is 7.44. The molecular weight excluding hydrogens is 276 g/mol. The first-order valence-corrected chi connectivity index (χ1v) is 9.49. The Morgan fingerprint density at radius 2 is 1.95 bits per heavy atom. The monoisotopic (exact) mass is 308 g/mol. The Hall–Kier alpha value is -0.380. The molecule has 0 atom stereocenters. The van der Waals surface area contributed by atoms with E-state index in [0.717, 1.165) is 12.6 Å². The number of nitrogens with zero attached hydrogens (tertiary/aromatic N) is 1. The van der Waals surface area contributed by atoms with Crippen molar-refractivity contribution in [3.8, 4) is 0 Å². The van der Waals surface area contributed by atoms with Gasteiger partial charge in [-0.15, -0.1) is 0 Å². The van der Waals surface area contributed by atoms with Gasteiger partial charge in [0.15, 0.2) is 0 Å². The van der Waals surface area contributed by atoms with Gasteiger partial charge in [0.25, 0.3) is 0 Å². The normalized spacial score (nSPS) is 15.8. The van der Waals surface area contributed by atoms with Crippen LogP contribution in [0.2, 0.25) is 0 Å². The second kappa shape index (κ2) is 8.30. The highest BCUT2D eigenvalue weighted by Crippen LogP contribution is 2.29. The lowest BCUT2D eigenvalue weighted by molar-refractivity contribution is 0.248. The smallest absolute Gasteiger partial charge is 0.0244 e. The van der Waals surface area contributed by atoms with Crippen molar-refractivity contribution in [2.24, 2.45) is 0 Å². The molecule has 3 heteroatoms. The molecule has 21 heavy (non-hydrogen) atoms. The van der Waals surface area contributed by atoms with Gasteiger partial charge in [0, 0.05) is 18.1 Å². The van der Waals surface area contributed by atoms with Crippen molar-refractivity contribution in [3.05, 3.63) is 22.4 Å². The van der Waals surface area contributed by atoms with Crippen molar-refractivity contribution in [2.75, 3.05) is 13.1 Å². The van der Waals surface area contributed by atoms with Crippen molar-refractivity contribution in [2.45, 2.75) is 77.4 Å². The van der Waals surface area contributed by atoms with Crippen LogP contribution in [-0.4, -0.2) is 29.6 Å². The van der Waals surface area contributed by atoms with E-state index in [1.165, 1.54) is 57.2 Å². The molecule has 1 aliphatic rings. The zero-order chi connectivity index (χ0) is 15.1. The summed E-state index contributed by atoms with van der Waals surface area (Å²) < 4.78 is 0. The number of hydrogen-bond donors (Lipinski definition) is 1. The number of unbranched alkanes of at least 4 members (excludes halogenated alkanes) is 3. The van der Waals surface area contributed by atoms with E-state index < -0.39 is 0 Å². The highest BCUT2D eigenvalue weighted by molar-refractivity contribution is 7.07. The molecular formula is C18H32N2S. The Kier molecular flexibility index (Phi) is 6.72. The molecule has 1 aromatic rings. The summed E-state index contributed by atoms with van der Waals surface area (Å²) in [5.41, 5.74) is 1.77. The maximum atomic E-state index is 3.57. The van der Waals surface area contributed by atoms with E-state index in [2.05, 4.69) is 47.8 Å². The van der Waals surface area contributed by atoms with Gasteiger partial charge in [-0.2, -0.15) is 11.3 Å². The Morgan fingerprint density at radius 1 is 1.19 bits per heavy atom. The fourth-order valence-corrected chi connectivity index (χ4v) is 3.36. The van der Waals surface area contributed by atoms with Gasteiger partial charge in [0.05, 0.1) is 0 Å². The number of thiophene rings is 1. The van der Waals surface area contributed by atoms with E-state index in [1.807, 2.05) is 11.3 Å². The molecule has 2 rings (SSSR count). The lowest BCUT2D eigenvalue weighted by Gasteiger charge is -2.22.